The first-order valence-corrected chi connectivity index (χ1v) is 13.5. The Kier molecular flexibility index (Phi) is 12.4. The van der Waals surface area contributed by atoms with Gasteiger partial charge in [-0.1, -0.05) is 124 Å². The molecule has 0 saturated heterocycles. The molecule has 37 heavy (non-hydrogen) atoms. The monoisotopic (exact) mass is 499 g/mol. The number of benzene rings is 3. The first-order valence-electron chi connectivity index (χ1n) is 13.5. The van der Waals surface area contributed by atoms with E-state index in [-0.39, 0.29) is 5.97 Å². The van der Waals surface area contributed by atoms with Crippen molar-refractivity contribution in [1.29, 1.82) is 0 Å². The number of hydrogen-bond acceptors (Lipinski definition) is 4. The van der Waals surface area contributed by atoms with Gasteiger partial charge in [-0.3, -0.25) is 10.3 Å². The quantitative estimate of drug-likeness (QED) is 0.146. The van der Waals surface area contributed by atoms with Gasteiger partial charge in [0.1, 0.15) is 5.84 Å². The number of nitrogens with zero attached hydrogens (tertiary/aromatic N) is 1. The first-order chi connectivity index (χ1) is 18.2. The minimum absolute atomic E-state index is 0.293. The molecule has 0 heterocycles. The zero-order chi connectivity index (χ0) is 26.1. The van der Waals surface area contributed by atoms with Gasteiger partial charge in [0.05, 0.1) is 13.2 Å². The van der Waals surface area contributed by atoms with Crippen molar-refractivity contribution in [3.63, 3.8) is 0 Å². The van der Waals surface area contributed by atoms with E-state index in [9.17, 15) is 4.79 Å². The topological polar surface area (TPSA) is 62.7 Å². The lowest BCUT2D eigenvalue weighted by Gasteiger charge is -2.23. The van der Waals surface area contributed by atoms with Crippen molar-refractivity contribution in [1.82, 2.24) is 10.6 Å². The molecule has 0 radical (unpaired) electrons. The maximum Gasteiger partial charge on any atom is 0.331 e. The number of esters is 1. The molecule has 0 aliphatic carbocycles. The second kappa shape index (κ2) is 16.3. The van der Waals surface area contributed by atoms with Crippen molar-refractivity contribution in [2.75, 3.05) is 6.61 Å². The fraction of sp³-hybridized carbons (Fsp3) is 0.375. The molecule has 5 nitrogen and oxygen atoms in total. The number of carbonyl (C=O) groups excluding carboxylic acids is 1. The average Bonchev–Trinajstić information content (AvgIpc) is 2.95. The molecular formula is C32H41N3O2. The number of nitrogens with one attached hydrogen (secondary N) is 2. The van der Waals surface area contributed by atoms with E-state index in [1.54, 1.807) is 0 Å². The molecule has 2 atom stereocenters. The first kappa shape index (κ1) is 28.1. The second-order valence-electron chi connectivity index (χ2n) is 9.37. The summed E-state index contributed by atoms with van der Waals surface area (Å²) in [6.07, 6.45) is 4.36. The lowest BCUT2D eigenvalue weighted by Crippen LogP contribution is -2.50. The van der Waals surface area contributed by atoms with Gasteiger partial charge in [-0.15, -0.1) is 0 Å². The third kappa shape index (κ3) is 10.2. The Morgan fingerprint density at radius 1 is 0.811 bits per heavy atom. The zero-order valence-corrected chi connectivity index (χ0v) is 22.2. The van der Waals surface area contributed by atoms with Crippen molar-refractivity contribution in [3.8, 4) is 0 Å². The highest BCUT2D eigenvalue weighted by Crippen LogP contribution is 2.14. The largest absolute Gasteiger partial charge is 0.464 e. The number of carbonyl (C=O) groups is 1. The Bertz CT molecular complexity index is 1060. The van der Waals surface area contributed by atoms with Gasteiger partial charge < -0.3 is 10.1 Å². The zero-order valence-electron chi connectivity index (χ0n) is 22.2. The van der Waals surface area contributed by atoms with Crippen molar-refractivity contribution in [2.24, 2.45) is 10.9 Å². The standard InChI is InChI=1S/C32H41N3O2/c1-3-5-15-26(4-2)25-37-32(36)30(33-22-27-16-9-6-10-17-27)31(34-23-28-18-11-7-12-19-28)35-24-29-20-13-8-14-21-29/h6-14,16-21,26,30,33H,3-5,15,22-25H2,1-2H3,(H,34,35). The smallest absolute Gasteiger partial charge is 0.331 e. The number of hydrogen-bond donors (Lipinski definition) is 2. The molecule has 0 fully saturated rings. The fourth-order valence-electron chi connectivity index (χ4n) is 4.09. The minimum Gasteiger partial charge on any atom is -0.464 e. The summed E-state index contributed by atoms with van der Waals surface area (Å²) in [7, 11) is 0. The SMILES string of the molecule is CCCCC(CC)COC(=O)C(NCc1ccccc1)C(=NCc1ccccc1)NCc1ccccc1. The molecule has 3 rings (SSSR count). The van der Waals surface area contributed by atoms with Crippen LogP contribution in [-0.2, 0) is 29.2 Å². The highest BCUT2D eigenvalue weighted by Gasteiger charge is 2.26. The van der Waals surface area contributed by atoms with E-state index in [4.69, 9.17) is 9.73 Å². The molecule has 3 aromatic rings. The highest BCUT2D eigenvalue weighted by molar-refractivity contribution is 6.05. The van der Waals surface area contributed by atoms with E-state index in [1.165, 1.54) is 0 Å². The lowest BCUT2D eigenvalue weighted by molar-refractivity contribution is -0.145. The minimum atomic E-state index is -0.698. The van der Waals surface area contributed by atoms with Crippen molar-refractivity contribution < 1.29 is 9.53 Å². The molecule has 196 valence electrons. The van der Waals surface area contributed by atoms with Crippen molar-refractivity contribution in [3.05, 3.63) is 108 Å². The molecule has 2 N–H and O–H groups in total. The van der Waals surface area contributed by atoms with Crippen LogP contribution in [0.1, 0.15) is 56.2 Å². The molecule has 2 unspecified atom stereocenters. The van der Waals surface area contributed by atoms with Crippen LogP contribution in [0.3, 0.4) is 0 Å². The van der Waals surface area contributed by atoms with Crippen LogP contribution in [0.2, 0.25) is 0 Å². The van der Waals surface area contributed by atoms with Gasteiger partial charge in [0.25, 0.3) is 0 Å². The Balaban J connectivity index is 1.81. The van der Waals surface area contributed by atoms with Gasteiger partial charge >= 0.3 is 5.97 Å². The molecule has 0 spiro atoms. The normalized spacial score (nSPS) is 13.1. The van der Waals surface area contributed by atoms with Gasteiger partial charge in [0, 0.05) is 13.1 Å². The van der Waals surface area contributed by atoms with Crippen LogP contribution >= 0.6 is 0 Å². The van der Waals surface area contributed by atoms with Crippen LogP contribution in [0.5, 0.6) is 0 Å². The third-order valence-corrected chi connectivity index (χ3v) is 6.46. The van der Waals surface area contributed by atoms with Crippen molar-refractivity contribution in [2.45, 2.75) is 65.2 Å². The number of unbranched alkanes of at least 4 members (excludes halogenated alkanes) is 1. The summed E-state index contributed by atoms with van der Waals surface area (Å²) in [5.41, 5.74) is 3.30. The summed E-state index contributed by atoms with van der Waals surface area (Å²) in [5, 5.41) is 6.87. The van der Waals surface area contributed by atoms with Gasteiger partial charge in [-0.25, -0.2) is 4.79 Å². The third-order valence-electron chi connectivity index (χ3n) is 6.46. The highest BCUT2D eigenvalue weighted by atomic mass is 16.5. The lowest BCUT2D eigenvalue weighted by atomic mass is 10.0. The summed E-state index contributed by atoms with van der Waals surface area (Å²) < 4.78 is 5.91. The Morgan fingerprint density at radius 2 is 1.38 bits per heavy atom. The van der Waals surface area contributed by atoms with Gasteiger partial charge in [0.15, 0.2) is 6.04 Å². The van der Waals surface area contributed by atoms with Gasteiger partial charge in [-0.05, 0) is 29.0 Å². The van der Waals surface area contributed by atoms with Gasteiger partial charge in [0.2, 0.25) is 0 Å². The Labute approximate surface area is 222 Å². The number of ether oxygens (including phenoxy) is 1. The maximum atomic E-state index is 13.5. The molecular weight excluding hydrogens is 458 g/mol. The fourth-order valence-corrected chi connectivity index (χ4v) is 4.09. The number of aliphatic imine (C=N–C) groups is 1. The summed E-state index contributed by atoms with van der Waals surface area (Å²) in [6, 6.07) is 29.6. The van der Waals surface area contributed by atoms with E-state index >= 15 is 0 Å². The van der Waals surface area contributed by atoms with Crippen LogP contribution in [0, 0.1) is 5.92 Å². The van der Waals surface area contributed by atoms with E-state index < -0.39 is 6.04 Å². The molecule has 0 saturated carbocycles. The van der Waals surface area contributed by atoms with Crippen molar-refractivity contribution >= 4 is 11.8 Å². The van der Waals surface area contributed by atoms with Crippen LogP contribution in [-0.4, -0.2) is 24.5 Å². The van der Waals surface area contributed by atoms with Crippen LogP contribution in [0.4, 0.5) is 0 Å². The van der Waals surface area contributed by atoms with Crippen LogP contribution in [0.25, 0.3) is 0 Å². The average molecular weight is 500 g/mol. The van der Waals surface area contributed by atoms with Gasteiger partial charge in [-0.2, -0.15) is 0 Å². The number of amidine groups is 1. The van der Waals surface area contributed by atoms with E-state index in [2.05, 4.69) is 36.6 Å². The molecule has 5 heteroatoms. The van der Waals surface area contributed by atoms with E-state index in [0.717, 1.165) is 42.4 Å². The summed E-state index contributed by atoms with van der Waals surface area (Å²) in [4.78, 5) is 18.4. The van der Waals surface area contributed by atoms with Crippen LogP contribution in [0.15, 0.2) is 96.0 Å². The summed E-state index contributed by atoms with van der Waals surface area (Å²) in [6.45, 7) is 6.36. The second-order valence-corrected chi connectivity index (χ2v) is 9.37. The Hall–Kier alpha value is -3.44. The van der Waals surface area contributed by atoms with Crippen LogP contribution < -0.4 is 10.6 Å². The molecule has 0 aliphatic rings. The Morgan fingerprint density at radius 3 is 1.95 bits per heavy atom. The molecule has 3 aromatic carbocycles. The number of rotatable bonds is 15. The van der Waals surface area contributed by atoms with E-state index in [0.29, 0.717) is 38.0 Å². The predicted octanol–water partition coefficient (Wildman–Crippen LogP) is 6.29. The molecule has 0 amide bonds. The molecule has 0 aliphatic heterocycles. The van der Waals surface area contributed by atoms with E-state index in [1.807, 2.05) is 78.9 Å². The summed E-state index contributed by atoms with van der Waals surface area (Å²) in [5.74, 6) is 0.675. The molecule has 0 aromatic heterocycles. The predicted molar refractivity (Wildman–Crippen MR) is 152 cm³/mol. The maximum absolute atomic E-state index is 13.5. The molecule has 0 bridgehead atoms. The summed E-state index contributed by atoms with van der Waals surface area (Å²) >= 11 is 0.